The number of nitrogens with zero attached hydrogens (tertiary/aromatic N) is 1. The van der Waals surface area contributed by atoms with Crippen LogP contribution in [0.3, 0.4) is 0 Å². The summed E-state index contributed by atoms with van der Waals surface area (Å²) < 4.78 is 0. The average Bonchev–Trinajstić information content (AvgIpc) is 2.87. The Labute approximate surface area is 131 Å². The Bertz CT molecular complexity index is 578. The number of aromatic nitrogens is 1. The van der Waals surface area contributed by atoms with Crippen molar-refractivity contribution in [1.82, 2.24) is 10.3 Å². The molecule has 0 aliphatic heterocycles. The van der Waals surface area contributed by atoms with E-state index in [-0.39, 0.29) is 6.04 Å². The van der Waals surface area contributed by atoms with Crippen LogP contribution in [0.1, 0.15) is 48.0 Å². The van der Waals surface area contributed by atoms with Gasteiger partial charge in [0.2, 0.25) is 0 Å². The molecule has 2 rings (SSSR count). The van der Waals surface area contributed by atoms with Gasteiger partial charge in [0.25, 0.3) is 0 Å². The minimum atomic E-state index is -0.873. The van der Waals surface area contributed by atoms with Crippen molar-refractivity contribution in [2.75, 3.05) is 6.54 Å². The van der Waals surface area contributed by atoms with Gasteiger partial charge in [-0.15, -0.1) is 11.3 Å². The molecule has 0 amide bonds. The first kappa shape index (κ1) is 16.1. The number of hydrogen-bond acceptors (Lipinski definition) is 4. The van der Waals surface area contributed by atoms with E-state index in [1.807, 2.05) is 37.3 Å². The van der Waals surface area contributed by atoms with Gasteiger partial charge in [-0.1, -0.05) is 37.3 Å². The molecular formula is C17H24N2OS. The molecule has 21 heavy (non-hydrogen) atoms. The van der Waals surface area contributed by atoms with Crippen LogP contribution in [0, 0.1) is 6.92 Å². The molecule has 0 aliphatic rings. The second-order valence-electron chi connectivity index (χ2n) is 5.65. The van der Waals surface area contributed by atoms with Crippen LogP contribution < -0.4 is 5.32 Å². The third-order valence-corrected chi connectivity index (χ3v) is 5.21. The number of hydrogen-bond donors (Lipinski definition) is 2. The van der Waals surface area contributed by atoms with E-state index >= 15 is 0 Å². The maximum Gasteiger partial charge on any atom is 0.0992 e. The summed E-state index contributed by atoms with van der Waals surface area (Å²) in [5.41, 5.74) is 1.15. The molecule has 0 spiro atoms. The van der Waals surface area contributed by atoms with E-state index in [9.17, 15) is 5.11 Å². The molecule has 0 saturated carbocycles. The van der Waals surface area contributed by atoms with Gasteiger partial charge in [-0.25, -0.2) is 4.98 Å². The quantitative estimate of drug-likeness (QED) is 0.857. The molecule has 1 heterocycles. The van der Waals surface area contributed by atoms with E-state index in [1.165, 1.54) is 9.88 Å². The largest absolute Gasteiger partial charge is 0.384 e. The van der Waals surface area contributed by atoms with Crippen LogP contribution in [0.2, 0.25) is 0 Å². The Kier molecular flexibility index (Phi) is 5.14. The van der Waals surface area contributed by atoms with Crippen molar-refractivity contribution in [1.29, 1.82) is 0 Å². The molecule has 1 aromatic carbocycles. The molecule has 3 nitrogen and oxygen atoms in total. The summed E-state index contributed by atoms with van der Waals surface area (Å²) in [5, 5.41) is 15.2. The molecule has 0 saturated heterocycles. The standard InChI is InChI=1S/C17H24N2OS/c1-5-15-19-13(3)16(21-15)12(2)18-11-17(4,20)14-9-7-6-8-10-14/h6-10,12,18,20H,5,11H2,1-4H3. The van der Waals surface area contributed by atoms with Crippen LogP contribution in [-0.2, 0) is 12.0 Å². The summed E-state index contributed by atoms with van der Waals surface area (Å²) in [6.07, 6.45) is 0.972. The highest BCUT2D eigenvalue weighted by Gasteiger charge is 2.24. The van der Waals surface area contributed by atoms with Crippen LogP contribution in [0.5, 0.6) is 0 Å². The van der Waals surface area contributed by atoms with E-state index in [0.29, 0.717) is 6.54 Å². The van der Waals surface area contributed by atoms with Gasteiger partial charge in [-0.3, -0.25) is 0 Å². The number of thiazole rings is 1. The fourth-order valence-electron chi connectivity index (χ4n) is 2.36. The first-order chi connectivity index (χ1) is 9.94. The maximum absolute atomic E-state index is 10.6. The van der Waals surface area contributed by atoms with Crippen LogP contribution in [-0.4, -0.2) is 16.6 Å². The average molecular weight is 304 g/mol. The second-order valence-corrected chi connectivity index (χ2v) is 6.77. The summed E-state index contributed by atoms with van der Waals surface area (Å²) in [7, 11) is 0. The van der Waals surface area contributed by atoms with Crippen LogP contribution >= 0.6 is 11.3 Å². The van der Waals surface area contributed by atoms with Crippen molar-refractivity contribution in [3.05, 3.63) is 51.5 Å². The van der Waals surface area contributed by atoms with Crippen molar-refractivity contribution < 1.29 is 5.11 Å². The van der Waals surface area contributed by atoms with Gasteiger partial charge >= 0.3 is 0 Å². The van der Waals surface area contributed by atoms with E-state index in [0.717, 1.165) is 17.7 Å². The molecule has 114 valence electrons. The lowest BCUT2D eigenvalue weighted by molar-refractivity contribution is 0.0544. The number of benzene rings is 1. The third-order valence-electron chi connectivity index (χ3n) is 3.72. The minimum Gasteiger partial charge on any atom is -0.384 e. The van der Waals surface area contributed by atoms with Crippen molar-refractivity contribution in [3.63, 3.8) is 0 Å². The highest BCUT2D eigenvalue weighted by atomic mass is 32.1. The highest BCUT2D eigenvalue weighted by Crippen LogP contribution is 2.26. The Morgan fingerprint density at radius 1 is 1.33 bits per heavy atom. The zero-order valence-electron chi connectivity index (χ0n) is 13.2. The molecular weight excluding hydrogens is 280 g/mol. The third kappa shape index (κ3) is 3.90. The van der Waals surface area contributed by atoms with E-state index in [2.05, 4.69) is 31.1 Å². The predicted molar refractivity (Wildman–Crippen MR) is 88.7 cm³/mol. The van der Waals surface area contributed by atoms with Crippen molar-refractivity contribution in [3.8, 4) is 0 Å². The van der Waals surface area contributed by atoms with Crippen molar-refractivity contribution in [2.45, 2.75) is 45.8 Å². The van der Waals surface area contributed by atoms with Crippen molar-refractivity contribution >= 4 is 11.3 Å². The van der Waals surface area contributed by atoms with Crippen LogP contribution in [0.4, 0.5) is 0 Å². The Hall–Kier alpha value is -1.23. The zero-order chi connectivity index (χ0) is 15.5. The molecule has 0 bridgehead atoms. The molecule has 2 unspecified atom stereocenters. The van der Waals surface area contributed by atoms with Gasteiger partial charge < -0.3 is 10.4 Å². The lowest BCUT2D eigenvalue weighted by Crippen LogP contribution is -2.36. The number of nitrogens with one attached hydrogen (secondary N) is 1. The maximum atomic E-state index is 10.6. The van der Waals surface area contributed by atoms with Crippen LogP contribution in [0.25, 0.3) is 0 Å². The molecule has 0 fully saturated rings. The van der Waals surface area contributed by atoms with E-state index < -0.39 is 5.60 Å². The van der Waals surface area contributed by atoms with Crippen LogP contribution in [0.15, 0.2) is 30.3 Å². The first-order valence-corrected chi connectivity index (χ1v) is 8.23. The van der Waals surface area contributed by atoms with Gasteiger partial charge in [0.05, 0.1) is 16.3 Å². The molecule has 2 N–H and O–H groups in total. The molecule has 0 aliphatic carbocycles. The molecule has 0 radical (unpaired) electrons. The van der Waals surface area contributed by atoms with Gasteiger partial charge in [0, 0.05) is 17.5 Å². The van der Waals surface area contributed by atoms with Gasteiger partial charge in [0.1, 0.15) is 0 Å². The van der Waals surface area contributed by atoms with E-state index in [4.69, 9.17) is 0 Å². The topological polar surface area (TPSA) is 45.2 Å². The molecule has 2 atom stereocenters. The highest BCUT2D eigenvalue weighted by molar-refractivity contribution is 7.11. The lowest BCUT2D eigenvalue weighted by Gasteiger charge is -2.26. The summed E-state index contributed by atoms with van der Waals surface area (Å²) in [6, 6.07) is 9.97. The minimum absolute atomic E-state index is 0.193. The normalized spacial score (nSPS) is 15.7. The molecule has 1 aromatic heterocycles. The SMILES string of the molecule is CCc1nc(C)c(C(C)NCC(C)(O)c2ccccc2)s1. The monoisotopic (exact) mass is 304 g/mol. The number of aliphatic hydroxyl groups is 1. The van der Waals surface area contributed by atoms with Gasteiger partial charge in [0.15, 0.2) is 0 Å². The Morgan fingerprint density at radius 3 is 2.57 bits per heavy atom. The van der Waals surface area contributed by atoms with Gasteiger partial charge in [-0.2, -0.15) is 0 Å². The zero-order valence-corrected chi connectivity index (χ0v) is 14.0. The number of rotatable bonds is 6. The Balaban J connectivity index is 2.03. The lowest BCUT2D eigenvalue weighted by atomic mass is 9.96. The Morgan fingerprint density at radius 2 is 2.00 bits per heavy atom. The van der Waals surface area contributed by atoms with Crippen molar-refractivity contribution in [2.24, 2.45) is 0 Å². The predicted octanol–water partition coefficient (Wildman–Crippen LogP) is 3.57. The summed E-state index contributed by atoms with van der Waals surface area (Å²) in [4.78, 5) is 5.83. The summed E-state index contributed by atoms with van der Waals surface area (Å²) in [5.74, 6) is 0. The summed E-state index contributed by atoms with van der Waals surface area (Å²) in [6.45, 7) is 8.66. The fourth-order valence-corrected chi connectivity index (χ4v) is 3.40. The molecule has 2 aromatic rings. The first-order valence-electron chi connectivity index (χ1n) is 7.41. The van der Waals surface area contributed by atoms with Gasteiger partial charge in [-0.05, 0) is 32.8 Å². The smallest absolute Gasteiger partial charge is 0.0992 e. The molecule has 4 heteroatoms. The number of aryl methyl sites for hydroxylation is 2. The second kappa shape index (κ2) is 6.69. The summed E-state index contributed by atoms with van der Waals surface area (Å²) >= 11 is 1.76. The van der Waals surface area contributed by atoms with E-state index in [1.54, 1.807) is 11.3 Å². The fraction of sp³-hybridized carbons (Fsp3) is 0.471.